The summed E-state index contributed by atoms with van der Waals surface area (Å²) in [7, 11) is 0. The highest BCUT2D eigenvalue weighted by Gasteiger charge is 2.12. The molecule has 3 aromatic rings. The largest absolute Gasteiger partial charge is 0.423 e. The topological polar surface area (TPSA) is 76.4 Å². The van der Waals surface area contributed by atoms with Gasteiger partial charge >= 0.3 is 11.9 Å². The number of esters is 2. The predicted octanol–water partition coefficient (Wildman–Crippen LogP) is 6.55. The number of benzene rings is 3. The molecule has 0 saturated heterocycles. The highest BCUT2D eigenvalue weighted by Crippen LogP contribution is 2.19. The van der Waals surface area contributed by atoms with Crippen molar-refractivity contribution < 1.29 is 27.8 Å². The Hall–Kier alpha value is -4.83. The molecular formula is C29H21F2NO4. The van der Waals surface area contributed by atoms with Gasteiger partial charge in [0, 0.05) is 12.1 Å². The van der Waals surface area contributed by atoms with Crippen LogP contribution in [0.25, 0.3) is 0 Å². The number of carbonyl (C=O) groups is 2. The van der Waals surface area contributed by atoms with Crippen molar-refractivity contribution in [3.8, 4) is 11.8 Å². The van der Waals surface area contributed by atoms with E-state index in [1.165, 1.54) is 12.1 Å². The fraction of sp³-hybridized carbons (Fsp3) is 0.0690. The molecule has 0 amide bonds. The summed E-state index contributed by atoms with van der Waals surface area (Å²) in [6, 6.07) is 19.2. The molecule has 0 aliphatic heterocycles. The van der Waals surface area contributed by atoms with Gasteiger partial charge < -0.3 is 9.47 Å². The highest BCUT2D eigenvalue weighted by atomic mass is 19.1. The summed E-state index contributed by atoms with van der Waals surface area (Å²) in [4.78, 5) is 24.6. The number of allylic oxidation sites excluding steroid dienone is 3. The molecule has 0 fully saturated rings. The molecule has 0 aromatic heterocycles. The molecule has 0 bridgehead atoms. The Morgan fingerprint density at radius 1 is 0.944 bits per heavy atom. The van der Waals surface area contributed by atoms with E-state index in [0.29, 0.717) is 17.5 Å². The Bertz CT molecular complexity index is 1400. The summed E-state index contributed by atoms with van der Waals surface area (Å²) < 4.78 is 37.5. The molecule has 180 valence electrons. The number of halogens is 2. The number of nitrogens with zero attached hydrogens (tertiary/aromatic N) is 1. The van der Waals surface area contributed by atoms with Crippen LogP contribution in [0.3, 0.4) is 0 Å². The van der Waals surface area contributed by atoms with Gasteiger partial charge in [-0.05, 0) is 60.4 Å². The van der Waals surface area contributed by atoms with Gasteiger partial charge in [-0.25, -0.2) is 18.4 Å². The summed E-state index contributed by atoms with van der Waals surface area (Å²) in [5.74, 6) is -2.84. The van der Waals surface area contributed by atoms with Crippen LogP contribution in [-0.2, 0) is 11.2 Å². The Balaban J connectivity index is 1.58. The van der Waals surface area contributed by atoms with E-state index in [0.717, 1.165) is 23.3 Å². The first kappa shape index (κ1) is 25.8. The second-order valence-electron chi connectivity index (χ2n) is 7.81. The maximum Gasteiger partial charge on any atom is 0.343 e. The van der Waals surface area contributed by atoms with Crippen molar-refractivity contribution in [3.05, 3.63) is 137 Å². The van der Waals surface area contributed by atoms with E-state index in [2.05, 4.69) is 13.2 Å². The molecule has 0 aliphatic rings. The van der Waals surface area contributed by atoms with Crippen LogP contribution in [0.15, 0.2) is 103 Å². The first-order valence-electron chi connectivity index (χ1n) is 10.7. The number of hydrogen-bond acceptors (Lipinski definition) is 5. The van der Waals surface area contributed by atoms with Crippen LogP contribution >= 0.6 is 0 Å². The highest BCUT2D eigenvalue weighted by molar-refractivity contribution is 5.91. The minimum atomic E-state index is -0.936. The average molecular weight is 485 g/mol. The number of nitriles is 1. The molecule has 0 atom stereocenters. The lowest BCUT2D eigenvalue weighted by molar-refractivity contribution is 0.0637. The van der Waals surface area contributed by atoms with E-state index in [9.17, 15) is 18.4 Å². The van der Waals surface area contributed by atoms with Crippen LogP contribution < -0.4 is 4.74 Å². The van der Waals surface area contributed by atoms with E-state index in [-0.39, 0.29) is 17.1 Å². The Morgan fingerprint density at radius 2 is 1.50 bits per heavy atom. The van der Waals surface area contributed by atoms with Crippen molar-refractivity contribution in [1.82, 2.24) is 0 Å². The lowest BCUT2D eigenvalue weighted by atomic mass is 10.0. The van der Waals surface area contributed by atoms with Gasteiger partial charge in [0.1, 0.15) is 29.2 Å². The van der Waals surface area contributed by atoms with E-state index in [4.69, 9.17) is 14.7 Å². The SMILES string of the molecule is C=C(C=C(F)C(=C)C#N)OC(=O)c1ccc(Cc2ccc(C(=O)Oc3ccc(C)c(F)c3)cc2)cc1. The standard InChI is InChI=1S/C29H21F2NO4/c1-18-4-13-25(16-27(18)31)36-29(34)24-11-7-22(8-12-24)15-21-5-9-23(10-6-21)28(33)35-20(3)14-26(30)19(2)17-32/h4-14,16H,2-3,15H2,1H3. The van der Waals surface area contributed by atoms with Gasteiger partial charge in [0.05, 0.1) is 16.7 Å². The van der Waals surface area contributed by atoms with Crippen LogP contribution in [-0.4, -0.2) is 11.9 Å². The molecule has 0 unspecified atom stereocenters. The van der Waals surface area contributed by atoms with Crippen molar-refractivity contribution >= 4 is 11.9 Å². The molecule has 0 heterocycles. The minimum Gasteiger partial charge on any atom is -0.423 e. The van der Waals surface area contributed by atoms with E-state index < -0.39 is 29.2 Å². The molecule has 0 spiro atoms. The van der Waals surface area contributed by atoms with Gasteiger partial charge in [-0.1, -0.05) is 43.5 Å². The number of carbonyl (C=O) groups excluding carboxylic acids is 2. The smallest absolute Gasteiger partial charge is 0.343 e. The zero-order valence-corrected chi connectivity index (χ0v) is 19.4. The Kier molecular flexibility index (Phi) is 8.26. The van der Waals surface area contributed by atoms with Crippen molar-refractivity contribution in [3.63, 3.8) is 0 Å². The molecule has 0 saturated carbocycles. The van der Waals surface area contributed by atoms with Gasteiger partial charge in [-0.2, -0.15) is 5.26 Å². The maximum atomic E-state index is 13.7. The monoisotopic (exact) mass is 485 g/mol. The molecule has 5 nitrogen and oxygen atoms in total. The normalized spacial score (nSPS) is 10.8. The predicted molar refractivity (Wildman–Crippen MR) is 130 cm³/mol. The molecule has 3 aromatic carbocycles. The fourth-order valence-corrected chi connectivity index (χ4v) is 3.05. The number of rotatable bonds is 8. The maximum absolute atomic E-state index is 13.7. The summed E-state index contributed by atoms with van der Waals surface area (Å²) in [5.41, 5.74) is 2.42. The van der Waals surface area contributed by atoms with Crippen LogP contribution in [0.2, 0.25) is 0 Å². The summed E-state index contributed by atoms with van der Waals surface area (Å²) in [6.45, 7) is 8.28. The molecular weight excluding hydrogens is 464 g/mol. The van der Waals surface area contributed by atoms with Gasteiger partial charge in [0.25, 0.3) is 0 Å². The molecule has 0 aliphatic carbocycles. The lowest BCUT2D eigenvalue weighted by Gasteiger charge is -2.08. The lowest BCUT2D eigenvalue weighted by Crippen LogP contribution is -2.08. The minimum absolute atomic E-state index is 0.128. The first-order chi connectivity index (χ1) is 17.2. The fourth-order valence-electron chi connectivity index (χ4n) is 3.05. The summed E-state index contributed by atoms with van der Waals surface area (Å²) in [6.07, 6.45) is 1.35. The Labute approximate surface area is 207 Å². The summed E-state index contributed by atoms with van der Waals surface area (Å²) in [5, 5.41) is 8.62. The van der Waals surface area contributed by atoms with Crippen LogP contribution in [0, 0.1) is 24.1 Å². The number of ether oxygens (including phenoxy) is 2. The second kappa shape index (κ2) is 11.5. The van der Waals surface area contributed by atoms with E-state index in [1.54, 1.807) is 61.5 Å². The number of hydrogen-bond donors (Lipinski definition) is 0. The van der Waals surface area contributed by atoms with Gasteiger partial charge in [0.15, 0.2) is 0 Å². The average Bonchev–Trinajstić information content (AvgIpc) is 2.86. The molecule has 3 rings (SSSR count). The third-order valence-electron chi connectivity index (χ3n) is 5.08. The van der Waals surface area contributed by atoms with Gasteiger partial charge in [0.2, 0.25) is 0 Å². The van der Waals surface area contributed by atoms with E-state index in [1.807, 2.05) is 0 Å². The van der Waals surface area contributed by atoms with Crippen molar-refractivity contribution in [1.29, 1.82) is 5.26 Å². The zero-order chi connectivity index (χ0) is 26.2. The third-order valence-corrected chi connectivity index (χ3v) is 5.08. The van der Waals surface area contributed by atoms with Gasteiger partial charge in [-0.3, -0.25) is 0 Å². The second-order valence-corrected chi connectivity index (χ2v) is 7.81. The van der Waals surface area contributed by atoms with Crippen molar-refractivity contribution in [2.24, 2.45) is 0 Å². The van der Waals surface area contributed by atoms with Crippen LogP contribution in [0.1, 0.15) is 37.4 Å². The van der Waals surface area contributed by atoms with Crippen LogP contribution in [0.4, 0.5) is 8.78 Å². The molecule has 0 radical (unpaired) electrons. The van der Waals surface area contributed by atoms with Crippen molar-refractivity contribution in [2.45, 2.75) is 13.3 Å². The van der Waals surface area contributed by atoms with Crippen molar-refractivity contribution in [2.75, 3.05) is 0 Å². The Morgan fingerprint density at radius 3 is 2.03 bits per heavy atom. The van der Waals surface area contributed by atoms with Gasteiger partial charge in [-0.15, -0.1) is 0 Å². The van der Waals surface area contributed by atoms with Crippen LogP contribution in [0.5, 0.6) is 5.75 Å². The summed E-state index contributed by atoms with van der Waals surface area (Å²) >= 11 is 0. The third kappa shape index (κ3) is 6.84. The first-order valence-corrected chi connectivity index (χ1v) is 10.7. The zero-order valence-electron chi connectivity index (χ0n) is 19.4. The van der Waals surface area contributed by atoms with E-state index >= 15 is 0 Å². The molecule has 0 N–H and O–H groups in total. The number of aryl methyl sites for hydroxylation is 1. The molecule has 36 heavy (non-hydrogen) atoms. The molecule has 7 heteroatoms. The quantitative estimate of drug-likeness (QED) is 0.119.